The monoisotopic (exact) mass is 451 g/mol. The van der Waals surface area contributed by atoms with E-state index in [1.807, 2.05) is 0 Å². The minimum Gasteiger partial charge on any atom is -0.497 e. The van der Waals surface area contributed by atoms with E-state index in [0.29, 0.717) is 10.8 Å². The molecule has 12 nitrogen and oxygen atoms in total. The molecule has 0 aromatic heterocycles. The van der Waals surface area contributed by atoms with Crippen molar-refractivity contribution < 1.29 is 43.1 Å². The highest BCUT2D eigenvalue weighted by atomic mass is 16.7. The quantitative estimate of drug-likeness (QED) is 0.219. The van der Waals surface area contributed by atoms with E-state index in [-0.39, 0.29) is 64.5 Å². The number of hydrogen-bond donors (Lipinski definition) is 1. The number of imide groups is 2. The third-order valence-corrected chi connectivity index (χ3v) is 4.36. The Morgan fingerprint density at radius 2 is 1.69 bits per heavy atom. The summed E-state index contributed by atoms with van der Waals surface area (Å²) >= 11 is 0. The maximum Gasteiger partial charge on any atom is 0.335 e. The van der Waals surface area contributed by atoms with Crippen LogP contribution in [0.3, 0.4) is 0 Å². The van der Waals surface area contributed by atoms with E-state index >= 15 is 0 Å². The number of carbonyl (C=O) groups excluding carboxylic acids is 6. The zero-order valence-corrected chi connectivity index (χ0v) is 17.7. The molecule has 0 saturated carbocycles. The minimum absolute atomic E-state index is 0.00430. The molecule has 32 heavy (non-hydrogen) atoms. The Morgan fingerprint density at radius 3 is 2.34 bits per heavy atom. The highest BCUT2D eigenvalue weighted by Crippen LogP contribution is 2.12. The highest BCUT2D eigenvalue weighted by molar-refractivity contribution is 6.13. The zero-order chi connectivity index (χ0) is 23.5. The van der Waals surface area contributed by atoms with Crippen molar-refractivity contribution in [3.63, 3.8) is 0 Å². The number of amides is 5. The molecule has 2 aliphatic rings. The second-order valence-electron chi connectivity index (χ2n) is 6.79. The smallest absolute Gasteiger partial charge is 0.335 e. The Kier molecular flexibility index (Phi) is 9.54. The Hall–Kier alpha value is -3.54. The number of allylic oxidation sites excluding steroid dienone is 1. The van der Waals surface area contributed by atoms with Crippen molar-refractivity contribution in [2.45, 2.75) is 32.6 Å². The normalized spacial score (nSPS) is 16.2. The fourth-order valence-electron chi connectivity index (χ4n) is 2.64. The number of rotatable bonds is 13. The second-order valence-corrected chi connectivity index (χ2v) is 6.79. The average Bonchev–Trinajstić information content (AvgIpc) is 3.24. The molecule has 2 heterocycles. The van der Waals surface area contributed by atoms with Crippen molar-refractivity contribution in [2.75, 3.05) is 32.9 Å². The molecule has 174 valence electrons. The van der Waals surface area contributed by atoms with E-state index in [9.17, 15) is 28.8 Å². The van der Waals surface area contributed by atoms with Gasteiger partial charge in [-0.3, -0.25) is 28.9 Å². The molecule has 1 fully saturated rings. The van der Waals surface area contributed by atoms with E-state index in [2.05, 4.69) is 5.32 Å². The van der Waals surface area contributed by atoms with Crippen LogP contribution in [0.5, 0.6) is 0 Å². The average molecular weight is 451 g/mol. The van der Waals surface area contributed by atoms with Crippen LogP contribution in [-0.2, 0) is 43.1 Å². The van der Waals surface area contributed by atoms with Gasteiger partial charge in [-0.15, -0.1) is 5.06 Å². The minimum atomic E-state index is -0.740. The third-order valence-electron chi connectivity index (χ3n) is 4.36. The van der Waals surface area contributed by atoms with Crippen molar-refractivity contribution in [3.8, 4) is 0 Å². The van der Waals surface area contributed by atoms with Crippen molar-refractivity contribution in [2.24, 2.45) is 0 Å². The first-order valence-corrected chi connectivity index (χ1v) is 10.0. The van der Waals surface area contributed by atoms with Gasteiger partial charge in [-0.1, -0.05) is 0 Å². The zero-order valence-electron chi connectivity index (χ0n) is 17.7. The van der Waals surface area contributed by atoms with Gasteiger partial charge in [0.1, 0.15) is 6.61 Å². The Morgan fingerprint density at radius 1 is 1.03 bits per heavy atom. The van der Waals surface area contributed by atoms with E-state index in [4.69, 9.17) is 14.3 Å². The predicted octanol–water partition coefficient (Wildman–Crippen LogP) is -0.648. The molecule has 5 amide bonds. The van der Waals surface area contributed by atoms with Crippen LogP contribution in [0.1, 0.15) is 32.6 Å². The summed E-state index contributed by atoms with van der Waals surface area (Å²) in [4.78, 5) is 74.5. The Bertz CT molecular complexity index is 800. The van der Waals surface area contributed by atoms with Crippen LogP contribution in [0, 0.1) is 0 Å². The van der Waals surface area contributed by atoms with Gasteiger partial charge in [0.25, 0.3) is 23.6 Å². The molecule has 0 radical (unpaired) electrons. The summed E-state index contributed by atoms with van der Waals surface area (Å²) in [6.07, 6.45) is 3.92. The molecular formula is C20H25N3O9. The van der Waals surface area contributed by atoms with Gasteiger partial charge >= 0.3 is 5.97 Å². The van der Waals surface area contributed by atoms with Crippen LogP contribution in [0.4, 0.5) is 0 Å². The first kappa shape index (κ1) is 24.7. The van der Waals surface area contributed by atoms with Crippen molar-refractivity contribution >= 4 is 35.5 Å². The number of ether oxygens (including phenoxy) is 2. The molecule has 0 aromatic rings. The van der Waals surface area contributed by atoms with E-state index in [0.717, 1.165) is 17.1 Å². The summed E-state index contributed by atoms with van der Waals surface area (Å²) < 4.78 is 10.7. The van der Waals surface area contributed by atoms with Gasteiger partial charge in [0, 0.05) is 38.0 Å². The summed E-state index contributed by atoms with van der Waals surface area (Å²) in [5.74, 6) is -2.43. The van der Waals surface area contributed by atoms with Crippen molar-refractivity contribution in [1.82, 2.24) is 15.3 Å². The van der Waals surface area contributed by atoms with Gasteiger partial charge in [0.2, 0.25) is 5.91 Å². The van der Waals surface area contributed by atoms with Crippen LogP contribution < -0.4 is 5.32 Å². The van der Waals surface area contributed by atoms with Gasteiger partial charge in [-0.05, 0) is 13.0 Å². The SMILES string of the molecule is CC(=CCOCCC(=O)ON1C(=O)CCC1=O)OCCNC(=O)CCN1C(=O)C=CC1=O. The van der Waals surface area contributed by atoms with E-state index < -0.39 is 29.6 Å². The number of hydroxylamine groups is 2. The molecule has 0 bridgehead atoms. The molecule has 2 rings (SSSR count). The van der Waals surface area contributed by atoms with Crippen LogP contribution in [0.25, 0.3) is 0 Å². The summed E-state index contributed by atoms with van der Waals surface area (Å²) in [5.41, 5.74) is 0. The van der Waals surface area contributed by atoms with Crippen molar-refractivity contribution in [1.29, 1.82) is 0 Å². The lowest BCUT2D eigenvalue weighted by molar-refractivity contribution is -0.198. The lowest BCUT2D eigenvalue weighted by atomic mass is 10.3. The van der Waals surface area contributed by atoms with Crippen LogP contribution in [0.2, 0.25) is 0 Å². The third kappa shape index (κ3) is 7.95. The molecule has 0 aliphatic carbocycles. The number of nitrogens with one attached hydrogen (secondary N) is 1. The second kappa shape index (κ2) is 12.3. The molecular weight excluding hydrogens is 426 g/mol. The van der Waals surface area contributed by atoms with Crippen LogP contribution in [-0.4, -0.2) is 78.4 Å². The fraction of sp³-hybridized carbons (Fsp3) is 0.500. The van der Waals surface area contributed by atoms with Gasteiger partial charge < -0.3 is 19.6 Å². The topological polar surface area (TPSA) is 149 Å². The summed E-state index contributed by atoms with van der Waals surface area (Å²) in [6.45, 7) is 2.37. The van der Waals surface area contributed by atoms with E-state index in [1.54, 1.807) is 13.0 Å². The molecule has 0 spiro atoms. The first-order valence-electron chi connectivity index (χ1n) is 10.0. The highest BCUT2D eigenvalue weighted by Gasteiger charge is 2.32. The summed E-state index contributed by atoms with van der Waals surface area (Å²) in [7, 11) is 0. The summed E-state index contributed by atoms with van der Waals surface area (Å²) in [6, 6.07) is 0. The maximum atomic E-state index is 11.8. The molecule has 1 N–H and O–H groups in total. The van der Waals surface area contributed by atoms with Gasteiger partial charge in [-0.25, -0.2) is 4.79 Å². The number of carbonyl (C=O) groups is 6. The Labute approximate surface area is 184 Å². The van der Waals surface area contributed by atoms with Gasteiger partial charge in [0.05, 0.1) is 31.9 Å². The standard InChI is InChI=1S/C20H25N3O9/c1-14(7-11-30-12-8-20(29)32-23-18(27)4-5-19(23)28)31-13-9-21-15(24)6-10-22-16(25)2-3-17(22)26/h2-3,7H,4-6,8-13H2,1H3,(H,21,24). The van der Waals surface area contributed by atoms with Crippen molar-refractivity contribution in [3.05, 3.63) is 24.0 Å². The number of hydrogen-bond acceptors (Lipinski definition) is 9. The number of nitrogens with zero attached hydrogens (tertiary/aromatic N) is 2. The molecule has 0 aromatic carbocycles. The lowest BCUT2D eigenvalue weighted by Crippen LogP contribution is -2.35. The Balaban J connectivity index is 1.48. The largest absolute Gasteiger partial charge is 0.497 e. The molecule has 12 heteroatoms. The lowest BCUT2D eigenvalue weighted by Gasteiger charge is -2.13. The molecule has 2 aliphatic heterocycles. The summed E-state index contributed by atoms with van der Waals surface area (Å²) in [5, 5.41) is 3.11. The van der Waals surface area contributed by atoms with Gasteiger partial charge in [-0.2, -0.15) is 0 Å². The molecule has 0 unspecified atom stereocenters. The maximum absolute atomic E-state index is 11.8. The first-order chi connectivity index (χ1) is 15.3. The van der Waals surface area contributed by atoms with Crippen LogP contribution >= 0.6 is 0 Å². The fourth-order valence-corrected chi connectivity index (χ4v) is 2.64. The molecule has 0 atom stereocenters. The van der Waals surface area contributed by atoms with Crippen LogP contribution in [0.15, 0.2) is 24.0 Å². The van der Waals surface area contributed by atoms with Gasteiger partial charge in [0.15, 0.2) is 0 Å². The van der Waals surface area contributed by atoms with E-state index in [1.165, 1.54) is 0 Å². The predicted molar refractivity (Wildman–Crippen MR) is 106 cm³/mol. The molecule has 1 saturated heterocycles.